The van der Waals surface area contributed by atoms with Gasteiger partial charge in [-0.3, -0.25) is 0 Å². The van der Waals surface area contributed by atoms with Crippen LogP contribution in [0.1, 0.15) is 13.8 Å². The lowest BCUT2D eigenvalue weighted by Gasteiger charge is -2.00. The van der Waals surface area contributed by atoms with Crippen molar-refractivity contribution < 1.29 is 19.8 Å². The Bertz CT molecular complexity index is 232. The molecule has 0 aromatic carbocycles. The van der Waals surface area contributed by atoms with Crippen LogP contribution in [0.4, 0.5) is 0 Å². The topological polar surface area (TPSA) is 74.6 Å². The minimum absolute atomic E-state index is 0.190. The summed E-state index contributed by atoms with van der Waals surface area (Å²) in [5.41, 5.74) is -0.380. The smallest absolute Gasteiger partial charge is 0.336 e. The van der Waals surface area contributed by atoms with Crippen LogP contribution >= 0.6 is 0 Å². The zero-order chi connectivity index (χ0) is 9.72. The summed E-state index contributed by atoms with van der Waals surface area (Å²) in [6.45, 7) is 2.96. The Hall–Kier alpha value is -1.58. The number of aliphatic carboxylic acids is 2. The van der Waals surface area contributed by atoms with E-state index in [4.69, 9.17) is 10.2 Å². The monoisotopic (exact) mass is 170 g/mol. The van der Waals surface area contributed by atoms with Crippen molar-refractivity contribution in [3.05, 3.63) is 23.3 Å². The lowest BCUT2D eigenvalue weighted by Crippen LogP contribution is -2.10. The highest BCUT2D eigenvalue weighted by Crippen LogP contribution is 2.09. The van der Waals surface area contributed by atoms with Crippen LogP contribution in [0.3, 0.4) is 0 Å². The Morgan fingerprint density at radius 2 is 1.17 bits per heavy atom. The van der Waals surface area contributed by atoms with Crippen molar-refractivity contribution in [2.45, 2.75) is 13.8 Å². The van der Waals surface area contributed by atoms with Gasteiger partial charge in [-0.1, -0.05) is 12.2 Å². The molecule has 0 aromatic rings. The fraction of sp³-hybridized carbons (Fsp3) is 0.250. The van der Waals surface area contributed by atoms with Crippen LogP contribution < -0.4 is 0 Å². The van der Waals surface area contributed by atoms with Crippen LogP contribution in [0.15, 0.2) is 23.3 Å². The van der Waals surface area contributed by atoms with Crippen molar-refractivity contribution in [2.75, 3.05) is 0 Å². The van der Waals surface area contributed by atoms with Gasteiger partial charge < -0.3 is 10.2 Å². The van der Waals surface area contributed by atoms with E-state index in [1.807, 2.05) is 0 Å². The Labute approximate surface area is 69.8 Å². The normalized spacial score (nSPS) is 12.8. The fourth-order valence-corrected chi connectivity index (χ4v) is 0.788. The summed E-state index contributed by atoms with van der Waals surface area (Å²) in [6.07, 6.45) is 2.51. The van der Waals surface area contributed by atoms with Gasteiger partial charge in [-0.05, 0) is 13.8 Å². The predicted molar refractivity (Wildman–Crippen MR) is 42.8 cm³/mol. The van der Waals surface area contributed by atoms with Crippen molar-refractivity contribution >= 4 is 11.9 Å². The minimum atomic E-state index is -1.23. The van der Waals surface area contributed by atoms with E-state index in [0.717, 1.165) is 0 Å². The van der Waals surface area contributed by atoms with Gasteiger partial charge in [0.1, 0.15) is 0 Å². The summed E-state index contributed by atoms with van der Waals surface area (Å²) in [7, 11) is 0. The highest BCUT2D eigenvalue weighted by atomic mass is 16.4. The molecule has 0 radical (unpaired) electrons. The quantitative estimate of drug-likeness (QED) is 0.490. The standard InChI is InChI=1S/C8H10O4/c1-3-5(7(9)10)6(4-2)8(11)12/h3-4H,1-2H3,(H,9,10)(H,11,12)/b5-3+,6-4+. The van der Waals surface area contributed by atoms with Crippen molar-refractivity contribution in [3.63, 3.8) is 0 Å². The third-order valence-electron chi connectivity index (χ3n) is 1.33. The number of rotatable bonds is 3. The zero-order valence-electron chi connectivity index (χ0n) is 6.87. The fourth-order valence-electron chi connectivity index (χ4n) is 0.788. The average molecular weight is 170 g/mol. The maximum Gasteiger partial charge on any atom is 0.336 e. The molecule has 66 valence electrons. The van der Waals surface area contributed by atoms with Crippen molar-refractivity contribution in [1.29, 1.82) is 0 Å². The summed E-state index contributed by atoms with van der Waals surface area (Å²) in [5, 5.41) is 17.1. The van der Waals surface area contributed by atoms with Crippen molar-refractivity contribution in [2.24, 2.45) is 0 Å². The van der Waals surface area contributed by atoms with Gasteiger partial charge in [0.05, 0.1) is 11.1 Å². The molecule has 0 fully saturated rings. The van der Waals surface area contributed by atoms with Crippen LogP contribution in [-0.4, -0.2) is 22.2 Å². The summed E-state index contributed by atoms with van der Waals surface area (Å²) in [5.74, 6) is -2.46. The third kappa shape index (κ3) is 2.23. The van der Waals surface area contributed by atoms with Gasteiger partial charge in [-0.15, -0.1) is 0 Å². The molecule has 4 heteroatoms. The van der Waals surface area contributed by atoms with E-state index in [1.165, 1.54) is 26.0 Å². The van der Waals surface area contributed by atoms with Gasteiger partial charge in [0.2, 0.25) is 0 Å². The van der Waals surface area contributed by atoms with E-state index >= 15 is 0 Å². The van der Waals surface area contributed by atoms with Crippen molar-refractivity contribution in [3.8, 4) is 0 Å². The summed E-state index contributed by atoms with van der Waals surface area (Å²) in [4.78, 5) is 20.9. The lowest BCUT2D eigenvalue weighted by atomic mass is 10.1. The van der Waals surface area contributed by atoms with Crippen molar-refractivity contribution in [1.82, 2.24) is 0 Å². The zero-order valence-corrected chi connectivity index (χ0v) is 6.87. The second-order valence-electron chi connectivity index (χ2n) is 2.02. The van der Waals surface area contributed by atoms with E-state index in [1.54, 1.807) is 0 Å². The molecule has 0 atom stereocenters. The first-order valence-electron chi connectivity index (χ1n) is 3.34. The number of carboxylic acid groups (broad SMARTS) is 2. The molecule has 0 saturated heterocycles. The molecular formula is C8H10O4. The number of allylic oxidation sites excluding steroid dienone is 2. The van der Waals surface area contributed by atoms with Gasteiger partial charge in [0, 0.05) is 0 Å². The van der Waals surface area contributed by atoms with E-state index in [-0.39, 0.29) is 11.1 Å². The molecule has 12 heavy (non-hydrogen) atoms. The first-order valence-corrected chi connectivity index (χ1v) is 3.34. The molecule has 4 nitrogen and oxygen atoms in total. The first-order chi connectivity index (χ1) is 5.54. The second-order valence-corrected chi connectivity index (χ2v) is 2.02. The lowest BCUT2D eigenvalue weighted by molar-refractivity contribution is -0.136. The second kappa shape index (κ2) is 4.33. The molecule has 0 aliphatic carbocycles. The number of carbonyl (C=O) groups is 2. The Kier molecular flexibility index (Phi) is 3.76. The van der Waals surface area contributed by atoms with E-state index in [0.29, 0.717) is 0 Å². The third-order valence-corrected chi connectivity index (χ3v) is 1.33. The Morgan fingerprint density at radius 1 is 0.917 bits per heavy atom. The molecule has 0 spiro atoms. The summed E-state index contributed by atoms with van der Waals surface area (Å²) >= 11 is 0. The number of hydrogen-bond donors (Lipinski definition) is 2. The van der Waals surface area contributed by atoms with Gasteiger partial charge in [-0.25, -0.2) is 9.59 Å². The molecule has 0 aromatic heterocycles. The van der Waals surface area contributed by atoms with Gasteiger partial charge in [-0.2, -0.15) is 0 Å². The Balaban J connectivity index is 4.99. The molecule has 0 aliphatic heterocycles. The van der Waals surface area contributed by atoms with E-state index < -0.39 is 11.9 Å². The largest absolute Gasteiger partial charge is 0.478 e. The van der Waals surface area contributed by atoms with Crippen LogP contribution in [0.5, 0.6) is 0 Å². The highest BCUT2D eigenvalue weighted by Gasteiger charge is 2.16. The average Bonchev–Trinajstić information content (AvgIpc) is 1.98. The number of carboxylic acids is 2. The van der Waals surface area contributed by atoms with E-state index in [9.17, 15) is 9.59 Å². The molecule has 0 unspecified atom stereocenters. The van der Waals surface area contributed by atoms with Crippen LogP contribution in [0.2, 0.25) is 0 Å². The van der Waals surface area contributed by atoms with Crippen LogP contribution in [0.25, 0.3) is 0 Å². The first kappa shape index (κ1) is 10.4. The molecule has 0 rings (SSSR count). The number of hydrogen-bond acceptors (Lipinski definition) is 2. The molecule has 0 saturated carbocycles. The molecule has 0 bridgehead atoms. The minimum Gasteiger partial charge on any atom is -0.478 e. The Morgan fingerprint density at radius 3 is 1.25 bits per heavy atom. The maximum atomic E-state index is 10.5. The SMILES string of the molecule is C/C=C(C(=O)O)\C(=C/C)C(=O)O. The molecular weight excluding hydrogens is 160 g/mol. The maximum absolute atomic E-state index is 10.5. The molecule has 0 heterocycles. The molecule has 2 N–H and O–H groups in total. The van der Waals surface area contributed by atoms with Gasteiger partial charge >= 0.3 is 11.9 Å². The van der Waals surface area contributed by atoms with Crippen LogP contribution in [-0.2, 0) is 9.59 Å². The molecule has 0 aliphatic rings. The van der Waals surface area contributed by atoms with E-state index in [2.05, 4.69) is 0 Å². The predicted octanol–water partition coefficient (Wildman–Crippen LogP) is 1.05. The van der Waals surface area contributed by atoms with Gasteiger partial charge in [0.25, 0.3) is 0 Å². The summed E-state index contributed by atoms with van der Waals surface area (Å²) in [6, 6.07) is 0. The van der Waals surface area contributed by atoms with Gasteiger partial charge in [0.15, 0.2) is 0 Å². The molecule has 0 amide bonds. The highest BCUT2D eigenvalue weighted by molar-refractivity contribution is 6.05. The summed E-state index contributed by atoms with van der Waals surface area (Å²) < 4.78 is 0. The van der Waals surface area contributed by atoms with Crippen LogP contribution in [0, 0.1) is 0 Å².